The Bertz CT molecular complexity index is 418. The van der Waals surface area contributed by atoms with Gasteiger partial charge in [0, 0.05) is 13.1 Å². The summed E-state index contributed by atoms with van der Waals surface area (Å²) in [6.07, 6.45) is 0. The third-order valence-electron chi connectivity index (χ3n) is 2.24. The molecule has 0 aromatic heterocycles. The van der Waals surface area contributed by atoms with Gasteiger partial charge in [-0.05, 0) is 24.6 Å². The van der Waals surface area contributed by atoms with Gasteiger partial charge in [-0.3, -0.25) is 0 Å². The fourth-order valence-electron chi connectivity index (χ4n) is 1.54. The van der Waals surface area contributed by atoms with E-state index < -0.39 is 0 Å². The lowest BCUT2D eigenvalue weighted by atomic mass is 10.2. The number of benzene rings is 1. The minimum Gasteiger partial charge on any atom is -0.454 e. The molecule has 1 aromatic carbocycles. The fraction of sp³-hybridized carbons (Fsp3) is 0.333. The topological polar surface area (TPSA) is 30.5 Å². The first kappa shape index (κ1) is 11.3. The molecule has 1 aromatic rings. The van der Waals surface area contributed by atoms with Crippen molar-refractivity contribution in [3.05, 3.63) is 34.9 Å². The van der Waals surface area contributed by atoms with Gasteiger partial charge < -0.3 is 14.8 Å². The van der Waals surface area contributed by atoms with E-state index in [4.69, 9.17) is 21.1 Å². The van der Waals surface area contributed by atoms with E-state index in [0.717, 1.165) is 30.0 Å². The summed E-state index contributed by atoms with van der Waals surface area (Å²) in [4.78, 5) is 0. The lowest BCUT2D eigenvalue weighted by Gasteiger charge is -2.06. The quantitative estimate of drug-likeness (QED) is 0.820. The highest BCUT2D eigenvalue weighted by molar-refractivity contribution is 6.32. The van der Waals surface area contributed by atoms with Gasteiger partial charge in [-0.2, -0.15) is 0 Å². The van der Waals surface area contributed by atoms with Gasteiger partial charge in [0.1, 0.15) is 0 Å². The molecule has 1 heterocycles. The zero-order chi connectivity index (χ0) is 11.5. The van der Waals surface area contributed by atoms with Crippen LogP contribution in [-0.4, -0.2) is 13.3 Å². The third kappa shape index (κ3) is 2.49. The molecule has 0 unspecified atom stereocenters. The van der Waals surface area contributed by atoms with Crippen LogP contribution < -0.4 is 14.8 Å². The molecule has 0 atom stereocenters. The maximum Gasteiger partial charge on any atom is 0.231 e. The predicted molar refractivity (Wildman–Crippen MR) is 64.1 cm³/mol. The largest absolute Gasteiger partial charge is 0.454 e. The van der Waals surface area contributed by atoms with Crippen molar-refractivity contribution < 1.29 is 9.47 Å². The molecule has 0 bridgehead atoms. The minimum atomic E-state index is 0.248. The molecular formula is C12H14ClNO2. The van der Waals surface area contributed by atoms with Crippen LogP contribution in [0, 0.1) is 0 Å². The second-order valence-corrected chi connectivity index (χ2v) is 4.28. The molecule has 1 aliphatic heterocycles. The monoisotopic (exact) mass is 239 g/mol. The first-order chi connectivity index (χ1) is 7.66. The molecule has 0 spiro atoms. The molecule has 1 N–H and O–H groups in total. The van der Waals surface area contributed by atoms with Gasteiger partial charge in [-0.1, -0.05) is 23.8 Å². The summed E-state index contributed by atoms with van der Waals surface area (Å²) in [5.41, 5.74) is 2.18. The number of halogens is 1. The van der Waals surface area contributed by atoms with Crippen molar-refractivity contribution in [3.63, 3.8) is 0 Å². The number of hydrogen-bond acceptors (Lipinski definition) is 3. The van der Waals surface area contributed by atoms with Crippen molar-refractivity contribution in [3.8, 4) is 11.5 Å². The summed E-state index contributed by atoms with van der Waals surface area (Å²) < 4.78 is 10.5. The number of rotatable bonds is 4. The standard InChI is InChI=1S/C12H14ClNO2/c1-8(2)5-14-6-9-3-10(13)12-11(4-9)15-7-16-12/h3-4,14H,1,5-7H2,2H3. The van der Waals surface area contributed by atoms with Crippen LogP contribution in [0.3, 0.4) is 0 Å². The average Bonchev–Trinajstić information content (AvgIpc) is 2.65. The fourth-order valence-corrected chi connectivity index (χ4v) is 1.83. The van der Waals surface area contributed by atoms with Crippen LogP contribution in [0.25, 0.3) is 0 Å². The molecule has 0 amide bonds. The number of hydrogen-bond donors (Lipinski definition) is 1. The van der Waals surface area contributed by atoms with E-state index in [1.807, 2.05) is 19.1 Å². The van der Waals surface area contributed by atoms with Gasteiger partial charge in [0.15, 0.2) is 11.5 Å². The summed E-state index contributed by atoms with van der Waals surface area (Å²) in [5, 5.41) is 3.86. The third-order valence-corrected chi connectivity index (χ3v) is 2.52. The summed E-state index contributed by atoms with van der Waals surface area (Å²) in [6.45, 7) is 7.60. The Morgan fingerprint density at radius 3 is 3.06 bits per heavy atom. The zero-order valence-corrected chi connectivity index (χ0v) is 9.93. The van der Waals surface area contributed by atoms with Crippen LogP contribution in [0.15, 0.2) is 24.3 Å². The lowest BCUT2D eigenvalue weighted by molar-refractivity contribution is 0.174. The highest BCUT2D eigenvalue weighted by Crippen LogP contribution is 2.39. The summed E-state index contributed by atoms with van der Waals surface area (Å²) in [6, 6.07) is 3.83. The van der Waals surface area contributed by atoms with Gasteiger partial charge in [-0.15, -0.1) is 0 Å². The second kappa shape index (κ2) is 4.76. The van der Waals surface area contributed by atoms with E-state index in [-0.39, 0.29) is 6.79 Å². The Kier molecular flexibility index (Phi) is 3.36. The van der Waals surface area contributed by atoms with E-state index in [1.165, 1.54) is 0 Å². The molecule has 0 saturated heterocycles. The molecule has 86 valence electrons. The molecule has 4 heteroatoms. The van der Waals surface area contributed by atoms with E-state index in [9.17, 15) is 0 Å². The van der Waals surface area contributed by atoms with Crippen LogP contribution in [0.1, 0.15) is 12.5 Å². The molecule has 16 heavy (non-hydrogen) atoms. The molecule has 0 fully saturated rings. The van der Waals surface area contributed by atoms with Crippen LogP contribution in [0.4, 0.5) is 0 Å². The van der Waals surface area contributed by atoms with E-state index in [0.29, 0.717) is 10.8 Å². The highest BCUT2D eigenvalue weighted by atomic mass is 35.5. The lowest BCUT2D eigenvalue weighted by Crippen LogP contribution is -2.15. The Balaban J connectivity index is 2.05. The number of fused-ring (bicyclic) bond motifs is 1. The van der Waals surface area contributed by atoms with Gasteiger partial charge in [0.25, 0.3) is 0 Å². The summed E-state index contributed by atoms with van der Waals surface area (Å²) >= 11 is 6.07. The molecule has 0 radical (unpaired) electrons. The molecule has 0 aliphatic carbocycles. The summed E-state index contributed by atoms with van der Waals surface area (Å²) in [7, 11) is 0. The normalized spacial score (nSPS) is 12.9. The Hall–Kier alpha value is -1.19. The minimum absolute atomic E-state index is 0.248. The SMILES string of the molecule is C=C(C)CNCc1cc(Cl)c2c(c1)OCO2. The van der Waals surface area contributed by atoms with Crippen LogP contribution in [-0.2, 0) is 6.54 Å². The van der Waals surface area contributed by atoms with Gasteiger partial charge in [-0.25, -0.2) is 0 Å². The smallest absolute Gasteiger partial charge is 0.231 e. The van der Waals surface area contributed by atoms with Crippen molar-refractivity contribution in [1.29, 1.82) is 0 Å². The van der Waals surface area contributed by atoms with Crippen molar-refractivity contribution in [2.45, 2.75) is 13.5 Å². The number of ether oxygens (including phenoxy) is 2. The van der Waals surface area contributed by atoms with Crippen molar-refractivity contribution in [2.75, 3.05) is 13.3 Å². The van der Waals surface area contributed by atoms with Crippen molar-refractivity contribution >= 4 is 11.6 Å². The van der Waals surface area contributed by atoms with Gasteiger partial charge >= 0.3 is 0 Å². The zero-order valence-electron chi connectivity index (χ0n) is 9.18. The number of nitrogens with one attached hydrogen (secondary N) is 1. The van der Waals surface area contributed by atoms with Gasteiger partial charge in [0.05, 0.1) is 5.02 Å². The second-order valence-electron chi connectivity index (χ2n) is 3.87. The molecule has 0 saturated carbocycles. The maximum absolute atomic E-state index is 6.07. The molecule has 2 rings (SSSR count). The van der Waals surface area contributed by atoms with E-state index >= 15 is 0 Å². The average molecular weight is 240 g/mol. The Morgan fingerprint density at radius 2 is 2.31 bits per heavy atom. The first-order valence-electron chi connectivity index (χ1n) is 5.10. The molecule has 3 nitrogen and oxygen atoms in total. The summed E-state index contributed by atoms with van der Waals surface area (Å²) in [5.74, 6) is 1.37. The van der Waals surface area contributed by atoms with Crippen LogP contribution >= 0.6 is 11.6 Å². The first-order valence-corrected chi connectivity index (χ1v) is 5.48. The van der Waals surface area contributed by atoms with Crippen molar-refractivity contribution in [1.82, 2.24) is 5.32 Å². The molecule has 1 aliphatic rings. The van der Waals surface area contributed by atoms with Crippen LogP contribution in [0.2, 0.25) is 5.02 Å². The molecular weight excluding hydrogens is 226 g/mol. The maximum atomic E-state index is 6.07. The Morgan fingerprint density at radius 1 is 1.50 bits per heavy atom. The van der Waals surface area contributed by atoms with E-state index in [1.54, 1.807) is 0 Å². The van der Waals surface area contributed by atoms with Crippen LogP contribution in [0.5, 0.6) is 11.5 Å². The van der Waals surface area contributed by atoms with E-state index in [2.05, 4.69) is 11.9 Å². The Labute approximate surface area is 100 Å². The predicted octanol–water partition coefficient (Wildman–Crippen LogP) is 2.73. The van der Waals surface area contributed by atoms with Gasteiger partial charge in [0.2, 0.25) is 6.79 Å². The van der Waals surface area contributed by atoms with Crippen molar-refractivity contribution in [2.24, 2.45) is 0 Å². The highest BCUT2D eigenvalue weighted by Gasteiger charge is 2.17.